The number of nitrogens with zero attached hydrogens (tertiary/aromatic N) is 3. The number of hydrogen-bond donors (Lipinski definition) is 1. The van der Waals surface area contributed by atoms with Crippen molar-refractivity contribution in [3.05, 3.63) is 24.0 Å². The Bertz CT molecular complexity index is 908. The van der Waals surface area contributed by atoms with Crippen molar-refractivity contribution in [2.75, 3.05) is 18.0 Å². The second kappa shape index (κ2) is 8.18. The van der Waals surface area contributed by atoms with Crippen molar-refractivity contribution in [2.24, 2.45) is 0 Å². The van der Waals surface area contributed by atoms with E-state index in [1.807, 2.05) is 25.7 Å². The third kappa shape index (κ3) is 4.89. The van der Waals surface area contributed by atoms with Gasteiger partial charge >= 0.3 is 10.1 Å². The lowest BCUT2D eigenvalue weighted by atomic mass is 9.94. The number of rotatable bonds is 7. The van der Waals surface area contributed by atoms with E-state index in [4.69, 9.17) is 8.60 Å². The van der Waals surface area contributed by atoms with Crippen LogP contribution < -0.4 is 10.2 Å². The molecule has 1 aliphatic rings. The Morgan fingerprint density at radius 2 is 2.04 bits per heavy atom. The fourth-order valence-corrected chi connectivity index (χ4v) is 4.79. The summed E-state index contributed by atoms with van der Waals surface area (Å²) < 4.78 is 35.6. The Hall–Kier alpha value is -1.98. The number of oxazole rings is 1. The molecule has 0 aromatic carbocycles. The molecule has 28 heavy (non-hydrogen) atoms. The number of carbonyl (C=O) groups excluding carboxylic acids is 1. The Kier molecular flexibility index (Phi) is 6.06. The molecule has 0 spiro atoms. The predicted molar refractivity (Wildman–Crippen MR) is 104 cm³/mol. The minimum absolute atomic E-state index is 0.0400. The maximum absolute atomic E-state index is 12.5. The summed E-state index contributed by atoms with van der Waals surface area (Å²) in [5.74, 6) is 0.874. The van der Waals surface area contributed by atoms with Crippen molar-refractivity contribution in [2.45, 2.75) is 55.9 Å². The van der Waals surface area contributed by atoms with E-state index >= 15 is 0 Å². The van der Waals surface area contributed by atoms with E-state index in [0.717, 1.165) is 24.2 Å². The molecule has 1 N–H and O–H groups in total. The summed E-state index contributed by atoms with van der Waals surface area (Å²) in [4.78, 5) is 20.8. The number of nitrogens with one attached hydrogen (secondary N) is 1. The molecule has 2 aromatic rings. The fourth-order valence-electron chi connectivity index (χ4n) is 2.76. The molecule has 0 unspecified atom stereocenters. The van der Waals surface area contributed by atoms with Gasteiger partial charge in [-0.15, -0.1) is 0 Å². The summed E-state index contributed by atoms with van der Waals surface area (Å²) >= 11 is 1.07. The van der Waals surface area contributed by atoms with Gasteiger partial charge in [-0.3, -0.25) is 8.98 Å². The SMILES string of the molecule is CC(C)(C)c1cnc(COS(=O)(=O)c2cnc(N3CCC(NC=O)CC3)s2)o1. The van der Waals surface area contributed by atoms with Crippen LogP contribution in [0.2, 0.25) is 0 Å². The minimum Gasteiger partial charge on any atom is -0.443 e. The van der Waals surface area contributed by atoms with Crippen molar-refractivity contribution in [3.8, 4) is 0 Å². The standard InChI is InChI=1S/C17H24N4O5S2/c1-17(2,3)13-8-18-14(26-13)10-25-28(23,24)15-9-19-16(27-15)21-6-4-12(5-7-21)20-11-22/h8-9,11-12H,4-7,10H2,1-3H3,(H,20,22). The van der Waals surface area contributed by atoms with Crippen LogP contribution in [0.25, 0.3) is 0 Å². The molecule has 0 radical (unpaired) electrons. The van der Waals surface area contributed by atoms with Crippen LogP contribution in [0.5, 0.6) is 0 Å². The Labute approximate surface area is 168 Å². The molecule has 9 nitrogen and oxygen atoms in total. The lowest BCUT2D eigenvalue weighted by molar-refractivity contribution is -0.110. The zero-order valence-corrected chi connectivity index (χ0v) is 17.7. The molecular formula is C17H24N4O5S2. The fraction of sp³-hybridized carbons (Fsp3) is 0.588. The summed E-state index contributed by atoms with van der Waals surface area (Å²) in [5.41, 5.74) is -0.217. The molecule has 2 aromatic heterocycles. The molecule has 154 valence electrons. The highest BCUT2D eigenvalue weighted by Gasteiger charge is 2.26. The van der Waals surface area contributed by atoms with Crippen LogP contribution in [0.3, 0.4) is 0 Å². The molecule has 11 heteroatoms. The maximum atomic E-state index is 12.5. The zero-order valence-electron chi connectivity index (χ0n) is 16.0. The number of aromatic nitrogens is 2. The summed E-state index contributed by atoms with van der Waals surface area (Å²) in [6.07, 6.45) is 5.18. The smallest absolute Gasteiger partial charge is 0.308 e. The summed E-state index contributed by atoms with van der Waals surface area (Å²) in [6.45, 7) is 7.06. The largest absolute Gasteiger partial charge is 0.443 e. The molecule has 1 fully saturated rings. The van der Waals surface area contributed by atoms with E-state index in [2.05, 4.69) is 15.3 Å². The average Bonchev–Trinajstić information content (AvgIpc) is 3.31. The molecule has 0 atom stereocenters. The molecule has 0 aliphatic carbocycles. The Morgan fingerprint density at radius 3 is 2.64 bits per heavy atom. The lowest BCUT2D eigenvalue weighted by Crippen LogP contribution is -2.42. The molecule has 0 bridgehead atoms. The van der Waals surface area contributed by atoms with E-state index in [1.165, 1.54) is 6.20 Å². The molecule has 1 aliphatic heterocycles. The third-order valence-electron chi connectivity index (χ3n) is 4.42. The average molecular weight is 429 g/mol. The minimum atomic E-state index is -3.95. The van der Waals surface area contributed by atoms with Gasteiger partial charge in [0, 0.05) is 24.5 Å². The van der Waals surface area contributed by atoms with E-state index < -0.39 is 10.1 Å². The van der Waals surface area contributed by atoms with Gasteiger partial charge in [0.2, 0.25) is 12.3 Å². The van der Waals surface area contributed by atoms with E-state index in [-0.39, 0.29) is 28.2 Å². The lowest BCUT2D eigenvalue weighted by Gasteiger charge is -2.31. The number of hydrogen-bond acceptors (Lipinski definition) is 9. The van der Waals surface area contributed by atoms with E-state index in [0.29, 0.717) is 30.4 Å². The van der Waals surface area contributed by atoms with Crippen molar-refractivity contribution < 1.29 is 21.8 Å². The van der Waals surface area contributed by atoms with E-state index in [1.54, 1.807) is 6.20 Å². The Morgan fingerprint density at radius 1 is 1.32 bits per heavy atom. The molecule has 1 amide bonds. The van der Waals surface area contributed by atoms with Crippen LogP contribution in [-0.2, 0) is 31.1 Å². The predicted octanol–water partition coefficient (Wildman–Crippen LogP) is 2.05. The number of thiazole rings is 1. The molecular weight excluding hydrogens is 404 g/mol. The second-order valence-corrected chi connectivity index (χ2v) is 10.4. The highest BCUT2D eigenvalue weighted by Crippen LogP contribution is 2.30. The van der Waals surface area contributed by atoms with Gasteiger partial charge in [-0.25, -0.2) is 9.97 Å². The topological polar surface area (TPSA) is 115 Å². The quantitative estimate of drug-likeness (QED) is 0.526. The maximum Gasteiger partial charge on any atom is 0.308 e. The normalized spacial score (nSPS) is 16.3. The third-order valence-corrected chi connectivity index (χ3v) is 7.16. The summed E-state index contributed by atoms with van der Waals surface area (Å²) in [5, 5.41) is 3.40. The van der Waals surface area contributed by atoms with Gasteiger partial charge in [-0.2, -0.15) is 8.42 Å². The van der Waals surface area contributed by atoms with Gasteiger partial charge in [0.15, 0.2) is 9.34 Å². The van der Waals surface area contributed by atoms with Gasteiger partial charge in [0.1, 0.15) is 12.4 Å². The molecule has 0 saturated carbocycles. The second-order valence-electron chi connectivity index (χ2n) is 7.59. The van der Waals surface area contributed by atoms with Crippen molar-refractivity contribution in [1.29, 1.82) is 0 Å². The molecule has 1 saturated heterocycles. The van der Waals surface area contributed by atoms with Crippen LogP contribution in [0.1, 0.15) is 45.3 Å². The first-order valence-corrected chi connectivity index (χ1v) is 11.2. The molecule has 3 rings (SSSR count). The van der Waals surface area contributed by atoms with E-state index in [9.17, 15) is 13.2 Å². The number of anilines is 1. The summed E-state index contributed by atoms with van der Waals surface area (Å²) in [6, 6.07) is 0.152. The van der Waals surface area contributed by atoms with Crippen molar-refractivity contribution in [3.63, 3.8) is 0 Å². The Balaban J connectivity index is 1.60. The first-order chi connectivity index (χ1) is 13.2. The number of carbonyl (C=O) groups is 1. The highest BCUT2D eigenvalue weighted by atomic mass is 32.3. The van der Waals surface area contributed by atoms with Crippen LogP contribution >= 0.6 is 11.3 Å². The van der Waals surface area contributed by atoms with Crippen molar-refractivity contribution in [1.82, 2.24) is 15.3 Å². The van der Waals surface area contributed by atoms with Gasteiger partial charge in [-0.1, -0.05) is 32.1 Å². The van der Waals surface area contributed by atoms with Crippen LogP contribution in [-0.4, -0.2) is 43.9 Å². The highest BCUT2D eigenvalue weighted by molar-refractivity contribution is 7.89. The van der Waals surface area contributed by atoms with Gasteiger partial charge in [-0.05, 0) is 12.8 Å². The monoisotopic (exact) mass is 428 g/mol. The number of amides is 1. The molecule has 3 heterocycles. The summed E-state index contributed by atoms with van der Waals surface area (Å²) in [7, 11) is -3.95. The van der Waals surface area contributed by atoms with Crippen LogP contribution in [0.15, 0.2) is 21.0 Å². The first kappa shape index (κ1) is 20.7. The number of piperidine rings is 1. The van der Waals surface area contributed by atoms with Gasteiger partial charge in [0.25, 0.3) is 0 Å². The van der Waals surface area contributed by atoms with Crippen molar-refractivity contribution >= 4 is 33.0 Å². The van der Waals surface area contributed by atoms with Gasteiger partial charge < -0.3 is 14.6 Å². The zero-order chi connectivity index (χ0) is 20.4. The van der Waals surface area contributed by atoms with Crippen LogP contribution in [0, 0.1) is 0 Å². The van der Waals surface area contributed by atoms with Gasteiger partial charge in [0.05, 0.1) is 12.4 Å². The first-order valence-electron chi connectivity index (χ1n) is 8.94. The van der Waals surface area contributed by atoms with Crippen LogP contribution in [0.4, 0.5) is 5.13 Å².